The molecule has 0 bridgehead atoms. The van der Waals surface area contributed by atoms with E-state index in [4.69, 9.17) is 16.3 Å². The van der Waals surface area contributed by atoms with Gasteiger partial charge in [0.2, 0.25) is 0 Å². The number of ether oxygens (including phenoxy) is 1. The number of anilines is 1. The van der Waals surface area contributed by atoms with Gasteiger partial charge in [0.15, 0.2) is 0 Å². The molecule has 2 N–H and O–H groups in total. The predicted octanol–water partition coefficient (Wildman–Crippen LogP) is 5.72. The summed E-state index contributed by atoms with van der Waals surface area (Å²) in [7, 11) is -3.84. The third kappa shape index (κ3) is 6.50. The van der Waals surface area contributed by atoms with Crippen molar-refractivity contribution in [2.24, 2.45) is 0 Å². The molecule has 9 heteroatoms. The second kappa shape index (κ2) is 11.4. The van der Waals surface area contributed by atoms with Gasteiger partial charge in [-0.3, -0.25) is 9.52 Å². The normalized spacial score (nSPS) is 12.1. The molecule has 3 aromatic rings. The molecule has 3 rings (SSSR count). The average molecular weight is 543 g/mol. The summed E-state index contributed by atoms with van der Waals surface area (Å²) < 4.78 is 33.8. The Labute approximate surface area is 223 Å². The predicted molar refractivity (Wildman–Crippen MR) is 147 cm³/mol. The lowest BCUT2D eigenvalue weighted by Crippen LogP contribution is -2.40. The number of rotatable bonds is 8. The minimum absolute atomic E-state index is 0.166. The van der Waals surface area contributed by atoms with Crippen molar-refractivity contribution in [2.45, 2.75) is 52.5 Å². The number of amides is 1. The molecule has 0 saturated carbocycles. The van der Waals surface area contributed by atoms with Crippen LogP contribution in [0.25, 0.3) is 11.1 Å². The van der Waals surface area contributed by atoms with Gasteiger partial charge in [-0.15, -0.1) is 0 Å². The van der Waals surface area contributed by atoms with Crippen molar-refractivity contribution in [2.75, 3.05) is 11.3 Å². The highest BCUT2D eigenvalue weighted by molar-refractivity contribution is 7.92. The quantitative estimate of drug-likeness (QED) is 0.354. The average Bonchev–Trinajstić information content (AvgIpc) is 2.80. The first-order valence-corrected chi connectivity index (χ1v) is 13.7. The molecule has 0 radical (unpaired) electrons. The lowest BCUT2D eigenvalue weighted by atomic mass is 9.95. The summed E-state index contributed by atoms with van der Waals surface area (Å²) >= 11 is 6.13. The Hall–Kier alpha value is -3.36. The lowest BCUT2D eigenvalue weighted by molar-refractivity contribution is -0.144. The third-order valence-corrected chi connectivity index (χ3v) is 7.87. The Balaban J connectivity index is 1.88. The van der Waals surface area contributed by atoms with E-state index >= 15 is 0 Å². The van der Waals surface area contributed by atoms with Gasteiger partial charge in [-0.1, -0.05) is 35.9 Å². The van der Waals surface area contributed by atoms with Gasteiger partial charge in [-0.25, -0.2) is 13.2 Å². The Morgan fingerprint density at radius 3 is 2.19 bits per heavy atom. The maximum absolute atomic E-state index is 13.1. The fourth-order valence-electron chi connectivity index (χ4n) is 4.10. The third-order valence-electron chi connectivity index (χ3n) is 5.94. The van der Waals surface area contributed by atoms with E-state index in [9.17, 15) is 18.0 Å². The molecule has 0 aliphatic rings. The van der Waals surface area contributed by atoms with Crippen molar-refractivity contribution >= 4 is 39.2 Å². The fraction of sp³-hybridized carbons (Fsp3) is 0.286. The molecule has 3 aromatic carbocycles. The number of benzene rings is 3. The SMILES string of the molecule is CCOC(=O)C(C)NC(=O)c1c(C)cc(-c2cccc(NS(=O)(=O)c3cc(C)c(Cl)cc3C)c2)cc1C. The lowest BCUT2D eigenvalue weighted by Gasteiger charge is -2.17. The van der Waals surface area contributed by atoms with Gasteiger partial charge in [0.05, 0.1) is 11.5 Å². The van der Waals surface area contributed by atoms with Gasteiger partial charge in [0.25, 0.3) is 15.9 Å². The molecule has 1 atom stereocenters. The Kier molecular flexibility index (Phi) is 8.66. The molecule has 0 fully saturated rings. The van der Waals surface area contributed by atoms with Crippen LogP contribution in [0.4, 0.5) is 5.69 Å². The molecule has 0 aliphatic carbocycles. The van der Waals surface area contributed by atoms with E-state index < -0.39 is 22.0 Å². The van der Waals surface area contributed by atoms with Crippen LogP contribution >= 0.6 is 11.6 Å². The summed E-state index contributed by atoms with van der Waals surface area (Å²) in [6.07, 6.45) is 0. The van der Waals surface area contributed by atoms with Gasteiger partial charge >= 0.3 is 5.97 Å². The molecule has 0 spiro atoms. The highest BCUT2D eigenvalue weighted by Gasteiger charge is 2.21. The summed E-state index contributed by atoms with van der Waals surface area (Å²) in [5.74, 6) is -0.858. The molecule has 0 aromatic heterocycles. The maximum atomic E-state index is 13.1. The molecule has 196 valence electrons. The molecule has 37 heavy (non-hydrogen) atoms. The molecular weight excluding hydrogens is 512 g/mol. The van der Waals surface area contributed by atoms with E-state index in [1.165, 1.54) is 0 Å². The van der Waals surface area contributed by atoms with E-state index in [1.54, 1.807) is 58.0 Å². The van der Waals surface area contributed by atoms with E-state index in [1.807, 2.05) is 32.0 Å². The van der Waals surface area contributed by atoms with Crippen molar-refractivity contribution < 1.29 is 22.7 Å². The summed E-state index contributed by atoms with van der Waals surface area (Å²) in [4.78, 5) is 24.9. The first-order valence-electron chi connectivity index (χ1n) is 11.8. The highest BCUT2D eigenvalue weighted by atomic mass is 35.5. The zero-order chi connectivity index (χ0) is 27.5. The molecule has 1 unspecified atom stereocenters. The van der Waals surface area contributed by atoms with Crippen LogP contribution in [-0.4, -0.2) is 32.9 Å². The number of hydrogen-bond acceptors (Lipinski definition) is 5. The molecule has 0 saturated heterocycles. The largest absolute Gasteiger partial charge is 0.464 e. The Morgan fingerprint density at radius 1 is 0.919 bits per heavy atom. The zero-order valence-electron chi connectivity index (χ0n) is 21.7. The van der Waals surface area contributed by atoms with Gasteiger partial charge in [0, 0.05) is 16.3 Å². The second-order valence-corrected chi connectivity index (χ2v) is 11.0. The number of hydrogen-bond donors (Lipinski definition) is 2. The fourth-order valence-corrected chi connectivity index (χ4v) is 5.68. The van der Waals surface area contributed by atoms with Gasteiger partial charge in [0.1, 0.15) is 6.04 Å². The highest BCUT2D eigenvalue weighted by Crippen LogP contribution is 2.30. The number of carbonyl (C=O) groups excluding carboxylic acids is 2. The summed E-state index contributed by atoms with van der Waals surface area (Å²) in [5.41, 5.74) is 5.16. The second-order valence-electron chi connectivity index (χ2n) is 8.99. The number of esters is 1. The zero-order valence-corrected chi connectivity index (χ0v) is 23.3. The van der Waals surface area contributed by atoms with Crippen LogP contribution in [0.15, 0.2) is 53.4 Å². The molecule has 1 amide bonds. The first-order chi connectivity index (χ1) is 17.3. The van der Waals surface area contributed by atoms with E-state index in [0.717, 1.165) is 22.3 Å². The van der Waals surface area contributed by atoms with E-state index in [0.29, 0.717) is 27.4 Å². The van der Waals surface area contributed by atoms with E-state index in [2.05, 4.69) is 10.0 Å². The minimum Gasteiger partial charge on any atom is -0.464 e. The van der Waals surface area contributed by atoms with Crippen molar-refractivity contribution in [1.29, 1.82) is 0 Å². The molecule has 0 heterocycles. The summed E-state index contributed by atoms with van der Waals surface area (Å²) in [5, 5.41) is 3.20. The van der Waals surface area contributed by atoms with Crippen molar-refractivity contribution in [1.82, 2.24) is 5.32 Å². The number of aryl methyl sites for hydroxylation is 4. The van der Waals surface area contributed by atoms with Crippen molar-refractivity contribution in [3.63, 3.8) is 0 Å². The number of nitrogens with one attached hydrogen (secondary N) is 2. The number of sulfonamides is 1. The number of halogens is 1. The van der Waals surface area contributed by atoms with Crippen LogP contribution in [0.1, 0.15) is 46.5 Å². The Bertz CT molecular complexity index is 1440. The molecule has 7 nitrogen and oxygen atoms in total. The Morgan fingerprint density at radius 2 is 1.57 bits per heavy atom. The van der Waals surface area contributed by atoms with Crippen LogP contribution in [0.3, 0.4) is 0 Å². The van der Waals surface area contributed by atoms with Gasteiger partial charge in [-0.2, -0.15) is 0 Å². The van der Waals surface area contributed by atoms with Crippen LogP contribution in [0.2, 0.25) is 5.02 Å². The van der Waals surface area contributed by atoms with Crippen LogP contribution in [0, 0.1) is 27.7 Å². The van der Waals surface area contributed by atoms with E-state index in [-0.39, 0.29) is 17.4 Å². The number of carbonyl (C=O) groups is 2. The summed E-state index contributed by atoms with van der Waals surface area (Å²) in [6, 6.07) is 13.2. The minimum atomic E-state index is -3.84. The van der Waals surface area contributed by atoms with Gasteiger partial charge in [-0.05, 0) is 99.2 Å². The van der Waals surface area contributed by atoms with Crippen molar-refractivity contribution in [3.8, 4) is 11.1 Å². The van der Waals surface area contributed by atoms with Crippen LogP contribution < -0.4 is 10.0 Å². The monoisotopic (exact) mass is 542 g/mol. The standard InChI is InChI=1S/C28H31ClN2O5S/c1-7-36-28(33)20(6)30-27(32)26-18(4)11-22(12-19(26)5)21-9-8-10-23(15-21)31-37(34,35)25-14-16(2)24(29)13-17(25)3/h8-15,20,31H,7H2,1-6H3,(H,30,32). The topological polar surface area (TPSA) is 102 Å². The van der Waals surface area contributed by atoms with Crippen molar-refractivity contribution in [3.05, 3.63) is 81.4 Å². The van der Waals surface area contributed by atoms with Crippen LogP contribution in [0.5, 0.6) is 0 Å². The molecule has 0 aliphatic heterocycles. The first kappa shape index (κ1) is 28.2. The summed E-state index contributed by atoms with van der Waals surface area (Å²) in [6.45, 7) is 10.6. The van der Waals surface area contributed by atoms with Gasteiger partial charge < -0.3 is 10.1 Å². The maximum Gasteiger partial charge on any atom is 0.328 e. The molecular formula is C28H31ClN2O5S. The smallest absolute Gasteiger partial charge is 0.328 e. The van der Waals surface area contributed by atoms with Crippen LogP contribution in [-0.2, 0) is 19.6 Å².